The molecular formula is C10H11BrN2O4. The van der Waals surface area contributed by atoms with Crippen molar-refractivity contribution in [2.45, 2.75) is 26.3 Å². The first-order valence-corrected chi connectivity index (χ1v) is 5.75. The summed E-state index contributed by atoms with van der Waals surface area (Å²) in [6.45, 7) is 1.75. The van der Waals surface area contributed by atoms with E-state index in [0.717, 1.165) is 0 Å². The summed E-state index contributed by atoms with van der Waals surface area (Å²) < 4.78 is 1.71. The number of aromatic nitrogens is 1. The van der Waals surface area contributed by atoms with Crippen molar-refractivity contribution in [2.24, 2.45) is 0 Å². The predicted octanol–water partition coefficient (Wildman–Crippen LogP) is 1.89. The van der Waals surface area contributed by atoms with E-state index in [1.54, 1.807) is 0 Å². The lowest BCUT2D eigenvalue weighted by Gasteiger charge is -2.05. The zero-order valence-corrected chi connectivity index (χ0v) is 10.8. The molecule has 0 atom stereocenters. The molecule has 1 aromatic heterocycles. The second kappa shape index (κ2) is 5.72. The summed E-state index contributed by atoms with van der Waals surface area (Å²) in [5.74, 6) is 0.0301. The smallest absolute Gasteiger partial charge is 0.308 e. The number of aryl methyl sites for hydroxylation is 1. The molecule has 0 N–H and O–H groups in total. The minimum absolute atomic E-state index is 0.0301. The Kier molecular flexibility index (Phi) is 4.56. The number of hydrogen-bond donors (Lipinski definition) is 0. The van der Waals surface area contributed by atoms with Crippen LogP contribution >= 0.6 is 15.9 Å². The zero-order valence-electron chi connectivity index (χ0n) is 9.18. The summed E-state index contributed by atoms with van der Waals surface area (Å²) in [7, 11) is 0. The Hall–Kier alpha value is -1.50. The van der Waals surface area contributed by atoms with Gasteiger partial charge >= 0.3 is 11.2 Å². The topological polar surface area (TPSA) is 82.2 Å². The molecule has 6 nitrogen and oxygen atoms in total. The summed E-state index contributed by atoms with van der Waals surface area (Å²) in [4.78, 5) is 32.3. The van der Waals surface area contributed by atoms with Gasteiger partial charge < -0.3 is 9.36 Å². The third kappa shape index (κ3) is 3.77. The van der Waals surface area contributed by atoms with Crippen LogP contribution in [0.25, 0.3) is 0 Å². The number of carbonyl (C=O) groups is 1. The third-order valence-corrected chi connectivity index (χ3v) is 2.59. The van der Waals surface area contributed by atoms with Crippen LogP contribution in [-0.4, -0.2) is 15.3 Å². The van der Waals surface area contributed by atoms with Crippen molar-refractivity contribution < 1.29 is 9.72 Å². The number of carbonyl (C=O) groups excluding carboxylic acids is 1. The number of nitrogens with zero attached hydrogens (tertiary/aromatic N) is 2. The molecule has 0 aliphatic carbocycles. The van der Waals surface area contributed by atoms with Crippen LogP contribution in [0.2, 0.25) is 0 Å². The third-order valence-electron chi connectivity index (χ3n) is 2.16. The fraction of sp³-hybridized carbons (Fsp3) is 0.400. The average molecular weight is 303 g/mol. The van der Waals surface area contributed by atoms with E-state index in [-0.39, 0.29) is 5.78 Å². The molecule has 1 rings (SSSR count). The van der Waals surface area contributed by atoms with Crippen LogP contribution in [0, 0.1) is 10.1 Å². The van der Waals surface area contributed by atoms with Crippen LogP contribution in [0.5, 0.6) is 0 Å². The van der Waals surface area contributed by atoms with E-state index in [0.29, 0.717) is 23.9 Å². The molecule has 17 heavy (non-hydrogen) atoms. The lowest BCUT2D eigenvalue weighted by atomic mass is 10.2. The van der Waals surface area contributed by atoms with Gasteiger partial charge in [0.15, 0.2) is 0 Å². The van der Waals surface area contributed by atoms with Gasteiger partial charge in [0.2, 0.25) is 0 Å². The molecule has 0 fully saturated rings. The van der Waals surface area contributed by atoms with Crippen molar-refractivity contribution in [2.75, 3.05) is 0 Å². The molecule has 0 aliphatic rings. The van der Waals surface area contributed by atoms with E-state index in [1.165, 1.54) is 23.8 Å². The maximum Gasteiger partial charge on any atom is 0.335 e. The normalized spacial score (nSPS) is 10.2. The molecule has 0 saturated heterocycles. The first kappa shape index (κ1) is 13.6. The van der Waals surface area contributed by atoms with Crippen LogP contribution < -0.4 is 5.56 Å². The lowest BCUT2D eigenvalue weighted by molar-refractivity contribution is -0.386. The van der Waals surface area contributed by atoms with Crippen molar-refractivity contribution in [3.8, 4) is 0 Å². The molecule has 0 spiro atoms. The summed E-state index contributed by atoms with van der Waals surface area (Å²) in [5, 5.41) is 10.6. The van der Waals surface area contributed by atoms with Gasteiger partial charge in [-0.3, -0.25) is 14.9 Å². The molecule has 0 saturated carbocycles. The van der Waals surface area contributed by atoms with Gasteiger partial charge in [-0.05, 0) is 29.3 Å². The quantitative estimate of drug-likeness (QED) is 0.614. The molecule has 0 radical (unpaired) electrons. The molecule has 0 aromatic carbocycles. The Morgan fingerprint density at radius 1 is 1.59 bits per heavy atom. The van der Waals surface area contributed by atoms with Gasteiger partial charge in [0, 0.05) is 29.7 Å². The molecule has 0 bridgehead atoms. The number of hydrogen-bond acceptors (Lipinski definition) is 4. The van der Waals surface area contributed by atoms with Crippen molar-refractivity contribution in [3.05, 3.63) is 37.2 Å². The summed E-state index contributed by atoms with van der Waals surface area (Å²) in [6.07, 6.45) is 2.32. The highest BCUT2D eigenvalue weighted by Crippen LogP contribution is 2.14. The minimum Gasteiger partial charge on any atom is -0.308 e. The van der Waals surface area contributed by atoms with Gasteiger partial charge in [-0.2, -0.15) is 0 Å². The number of nitro groups is 1. The Bertz CT molecular complexity index is 510. The van der Waals surface area contributed by atoms with Crippen LogP contribution in [0.3, 0.4) is 0 Å². The highest BCUT2D eigenvalue weighted by molar-refractivity contribution is 9.10. The summed E-state index contributed by atoms with van der Waals surface area (Å²) >= 11 is 3.11. The fourth-order valence-corrected chi connectivity index (χ4v) is 1.84. The van der Waals surface area contributed by atoms with Gasteiger partial charge in [0.1, 0.15) is 5.78 Å². The lowest BCUT2D eigenvalue weighted by Crippen LogP contribution is -2.22. The number of pyridine rings is 1. The standard InChI is InChI=1S/C10H11BrN2O4/c1-7(14)3-2-4-12-6-8(11)5-9(10(12)15)13(16)17/h5-6H,2-4H2,1H3. The average Bonchev–Trinajstić information content (AvgIpc) is 2.21. The van der Waals surface area contributed by atoms with Gasteiger partial charge in [-0.15, -0.1) is 0 Å². The molecule has 0 unspecified atom stereocenters. The van der Waals surface area contributed by atoms with Crippen LogP contribution in [-0.2, 0) is 11.3 Å². The van der Waals surface area contributed by atoms with Crippen molar-refractivity contribution in [1.29, 1.82) is 0 Å². The number of halogens is 1. The minimum atomic E-state index is -0.714. The van der Waals surface area contributed by atoms with E-state index in [4.69, 9.17) is 0 Å². The van der Waals surface area contributed by atoms with Gasteiger partial charge in [-0.25, -0.2) is 0 Å². The van der Waals surface area contributed by atoms with Crippen LogP contribution in [0.15, 0.2) is 21.5 Å². The van der Waals surface area contributed by atoms with E-state index in [1.807, 2.05) is 0 Å². The number of Topliss-reactive ketones (excluding diaryl/α,β-unsaturated/α-hetero) is 1. The van der Waals surface area contributed by atoms with Gasteiger partial charge in [0.05, 0.1) is 4.92 Å². The summed E-state index contributed by atoms with van der Waals surface area (Å²) in [5.41, 5.74) is -1.12. The van der Waals surface area contributed by atoms with E-state index in [9.17, 15) is 19.7 Å². The molecule has 0 amide bonds. The van der Waals surface area contributed by atoms with E-state index >= 15 is 0 Å². The molecular weight excluding hydrogens is 292 g/mol. The molecule has 92 valence electrons. The number of ketones is 1. The van der Waals surface area contributed by atoms with Crippen LogP contribution in [0.1, 0.15) is 19.8 Å². The first-order chi connectivity index (χ1) is 7.91. The van der Waals surface area contributed by atoms with Crippen molar-refractivity contribution in [3.63, 3.8) is 0 Å². The SMILES string of the molecule is CC(=O)CCCn1cc(Br)cc([N+](=O)[O-])c1=O. The number of rotatable bonds is 5. The Morgan fingerprint density at radius 3 is 2.76 bits per heavy atom. The van der Waals surface area contributed by atoms with Crippen molar-refractivity contribution >= 4 is 27.4 Å². The monoisotopic (exact) mass is 302 g/mol. The molecule has 1 heterocycles. The first-order valence-electron chi connectivity index (χ1n) is 4.95. The van der Waals surface area contributed by atoms with Gasteiger partial charge in [0.25, 0.3) is 0 Å². The van der Waals surface area contributed by atoms with Gasteiger partial charge in [-0.1, -0.05) is 0 Å². The molecule has 0 aliphatic heterocycles. The highest BCUT2D eigenvalue weighted by Gasteiger charge is 2.15. The highest BCUT2D eigenvalue weighted by atomic mass is 79.9. The summed E-state index contributed by atoms with van der Waals surface area (Å²) in [6, 6.07) is 1.17. The maximum absolute atomic E-state index is 11.7. The largest absolute Gasteiger partial charge is 0.335 e. The fourth-order valence-electron chi connectivity index (χ4n) is 1.38. The maximum atomic E-state index is 11.7. The van der Waals surface area contributed by atoms with E-state index < -0.39 is 16.2 Å². The van der Waals surface area contributed by atoms with Crippen LogP contribution in [0.4, 0.5) is 5.69 Å². The second-order valence-corrected chi connectivity index (χ2v) is 4.52. The molecule has 1 aromatic rings. The zero-order chi connectivity index (χ0) is 13.0. The Morgan fingerprint density at radius 2 is 2.24 bits per heavy atom. The van der Waals surface area contributed by atoms with E-state index in [2.05, 4.69) is 15.9 Å². The second-order valence-electron chi connectivity index (χ2n) is 3.60. The Labute approximate surface area is 106 Å². The predicted molar refractivity (Wildman–Crippen MR) is 65.0 cm³/mol. The van der Waals surface area contributed by atoms with Crippen molar-refractivity contribution in [1.82, 2.24) is 4.57 Å². The Balaban J connectivity index is 2.96. The molecule has 7 heteroatoms.